The second-order valence-electron chi connectivity index (χ2n) is 9.18. The van der Waals surface area contributed by atoms with Crippen molar-refractivity contribution < 1.29 is 14.5 Å². The van der Waals surface area contributed by atoms with E-state index in [1.165, 1.54) is 22.0 Å². The smallest absolute Gasteiger partial charge is 0.338 e. The molecule has 0 saturated heterocycles. The van der Waals surface area contributed by atoms with Gasteiger partial charge >= 0.3 is 5.97 Å². The molecule has 38 heavy (non-hydrogen) atoms. The molecule has 194 valence electrons. The quantitative estimate of drug-likeness (QED) is 0.221. The highest BCUT2D eigenvalue weighted by Crippen LogP contribution is 2.33. The Hall–Kier alpha value is -4.31. The Labute approximate surface area is 221 Å². The summed E-state index contributed by atoms with van der Waals surface area (Å²) >= 11 is 1.23. The van der Waals surface area contributed by atoms with E-state index in [9.17, 15) is 19.7 Å². The Bertz CT molecular complexity index is 1860. The van der Waals surface area contributed by atoms with Crippen molar-refractivity contribution in [3.63, 3.8) is 0 Å². The molecule has 10 heteroatoms. The van der Waals surface area contributed by atoms with Crippen molar-refractivity contribution in [2.75, 3.05) is 6.61 Å². The van der Waals surface area contributed by atoms with Crippen LogP contribution in [0.5, 0.6) is 0 Å². The fraction of sp³-hybridized carbons (Fsp3) is 0.250. The number of aromatic nitrogens is 2. The van der Waals surface area contributed by atoms with E-state index >= 15 is 0 Å². The Morgan fingerprint density at radius 1 is 1.21 bits per heavy atom. The SMILES string of the molecule is CCOC(=O)C1=C(C)N=c2sc(=Cc3c(C)n(C)c4ccccc34)c(=O)n2C1c1ccc(C)c([N+](=O)[O-])c1. The molecule has 0 bridgehead atoms. The van der Waals surface area contributed by atoms with Crippen LogP contribution in [0.25, 0.3) is 17.0 Å². The molecule has 5 rings (SSSR count). The molecule has 1 atom stereocenters. The number of rotatable bonds is 5. The molecular formula is C28H26N4O5S. The fourth-order valence-corrected chi connectivity index (χ4v) is 5.99. The number of aryl methyl sites for hydroxylation is 2. The summed E-state index contributed by atoms with van der Waals surface area (Å²) in [5.74, 6) is -0.610. The zero-order chi connectivity index (χ0) is 27.3. The van der Waals surface area contributed by atoms with E-state index in [2.05, 4.69) is 9.56 Å². The molecule has 1 aliphatic heterocycles. The average Bonchev–Trinajstić information content (AvgIpc) is 3.32. The molecule has 0 fully saturated rings. The number of nitro benzene ring substituents is 1. The number of esters is 1. The number of thiazole rings is 1. The first-order valence-corrected chi connectivity index (χ1v) is 12.9. The van der Waals surface area contributed by atoms with Crippen LogP contribution in [0.15, 0.2) is 63.5 Å². The van der Waals surface area contributed by atoms with Gasteiger partial charge in [-0.3, -0.25) is 19.5 Å². The van der Waals surface area contributed by atoms with Gasteiger partial charge in [0, 0.05) is 40.8 Å². The Morgan fingerprint density at radius 2 is 1.95 bits per heavy atom. The van der Waals surface area contributed by atoms with Crippen molar-refractivity contribution in [3.05, 3.63) is 106 Å². The lowest BCUT2D eigenvalue weighted by molar-refractivity contribution is -0.385. The summed E-state index contributed by atoms with van der Waals surface area (Å²) in [5.41, 5.74) is 4.08. The summed E-state index contributed by atoms with van der Waals surface area (Å²) in [6.07, 6.45) is 1.86. The molecule has 1 aliphatic rings. The van der Waals surface area contributed by atoms with Gasteiger partial charge in [0.15, 0.2) is 4.80 Å². The molecule has 0 saturated carbocycles. The van der Waals surface area contributed by atoms with Crippen LogP contribution in [0.3, 0.4) is 0 Å². The van der Waals surface area contributed by atoms with E-state index in [0.717, 1.165) is 22.2 Å². The lowest BCUT2D eigenvalue weighted by Crippen LogP contribution is -2.40. The summed E-state index contributed by atoms with van der Waals surface area (Å²) in [7, 11) is 1.98. The number of allylic oxidation sites excluding steroid dienone is 1. The van der Waals surface area contributed by atoms with Gasteiger partial charge in [-0.15, -0.1) is 0 Å². The van der Waals surface area contributed by atoms with Crippen molar-refractivity contribution in [1.29, 1.82) is 0 Å². The Balaban J connectivity index is 1.79. The first-order chi connectivity index (χ1) is 18.1. The maximum atomic E-state index is 13.9. The number of benzene rings is 2. The largest absolute Gasteiger partial charge is 0.463 e. The molecule has 0 radical (unpaired) electrons. The van der Waals surface area contributed by atoms with Crippen LogP contribution in [-0.4, -0.2) is 26.6 Å². The van der Waals surface area contributed by atoms with Crippen LogP contribution in [-0.2, 0) is 16.6 Å². The van der Waals surface area contributed by atoms with Gasteiger partial charge in [0.1, 0.15) is 0 Å². The number of carbonyl (C=O) groups is 1. The molecule has 0 aliphatic carbocycles. The highest BCUT2D eigenvalue weighted by Gasteiger charge is 2.34. The molecule has 3 heterocycles. The van der Waals surface area contributed by atoms with Crippen molar-refractivity contribution in [2.24, 2.45) is 12.0 Å². The van der Waals surface area contributed by atoms with Crippen molar-refractivity contribution in [3.8, 4) is 0 Å². The second kappa shape index (κ2) is 9.53. The Morgan fingerprint density at radius 3 is 2.66 bits per heavy atom. The molecule has 0 spiro atoms. The Kier molecular flexibility index (Phi) is 6.36. The van der Waals surface area contributed by atoms with Crippen LogP contribution >= 0.6 is 11.3 Å². The number of fused-ring (bicyclic) bond motifs is 2. The third-order valence-corrected chi connectivity index (χ3v) is 7.97. The van der Waals surface area contributed by atoms with E-state index in [1.807, 2.05) is 44.3 Å². The minimum Gasteiger partial charge on any atom is -0.463 e. The van der Waals surface area contributed by atoms with Crippen molar-refractivity contribution in [2.45, 2.75) is 33.7 Å². The first-order valence-electron chi connectivity index (χ1n) is 12.1. The highest BCUT2D eigenvalue weighted by molar-refractivity contribution is 7.07. The van der Waals surface area contributed by atoms with E-state index in [4.69, 9.17) is 4.74 Å². The first kappa shape index (κ1) is 25.3. The predicted octanol–water partition coefficient (Wildman–Crippen LogP) is 3.82. The number of hydrogen-bond donors (Lipinski definition) is 0. The predicted molar refractivity (Wildman–Crippen MR) is 146 cm³/mol. The zero-order valence-electron chi connectivity index (χ0n) is 21.6. The number of carbonyl (C=O) groups excluding carboxylic acids is 1. The minimum absolute atomic E-state index is 0.0890. The van der Waals surface area contributed by atoms with Crippen LogP contribution in [0.2, 0.25) is 0 Å². The van der Waals surface area contributed by atoms with Gasteiger partial charge in [-0.25, -0.2) is 9.79 Å². The average molecular weight is 531 g/mol. The van der Waals surface area contributed by atoms with Gasteiger partial charge in [-0.1, -0.05) is 41.7 Å². The number of nitrogens with zero attached hydrogens (tertiary/aromatic N) is 4. The number of nitro groups is 1. The summed E-state index contributed by atoms with van der Waals surface area (Å²) < 4.78 is 9.30. The lowest BCUT2D eigenvalue weighted by Gasteiger charge is -2.24. The van der Waals surface area contributed by atoms with Gasteiger partial charge < -0.3 is 9.30 Å². The molecule has 9 nitrogen and oxygen atoms in total. The molecule has 0 amide bonds. The third-order valence-electron chi connectivity index (χ3n) is 6.99. The summed E-state index contributed by atoms with van der Waals surface area (Å²) in [4.78, 5) is 43.3. The van der Waals surface area contributed by atoms with E-state index in [-0.39, 0.29) is 23.4 Å². The summed E-state index contributed by atoms with van der Waals surface area (Å²) in [6, 6.07) is 11.8. The molecule has 2 aromatic heterocycles. The maximum absolute atomic E-state index is 13.9. The fourth-order valence-electron chi connectivity index (χ4n) is 4.96. The van der Waals surface area contributed by atoms with E-state index in [1.54, 1.807) is 32.9 Å². The summed E-state index contributed by atoms with van der Waals surface area (Å²) in [5, 5.41) is 12.7. The van der Waals surface area contributed by atoms with E-state index in [0.29, 0.717) is 26.2 Å². The van der Waals surface area contributed by atoms with Gasteiger partial charge in [0.2, 0.25) is 0 Å². The molecule has 2 aromatic carbocycles. The van der Waals surface area contributed by atoms with Gasteiger partial charge in [0.05, 0.1) is 33.4 Å². The number of ether oxygens (including phenoxy) is 1. The summed E-state index contributed by atoms with van der Waals surface area (Å²) in [6.45, 7) is 7.17. The van der Waals surface area contributed by atoms with Gasteiger partial charge in [-0.2, -0.15) is 0 Å². The lowest BCUT2D eigenvalue weighted by atomic mass is 9.94. The van der Waals surface area contributed by atoms with Crippen LogP contribution in [0.4, 0.5) is 5.69 Å². The monoisotopic (exact) mass is 530 g/mol. The van der Waals surface area contributed by atoms with Gasteiger partial charge in [0.25, 0.3) is 11.2 Å². The van der Waals surface area contributed by atoms with Crippen molar-refractivity contribution >= 4 is 40.0 Å². The normalized spacial score (nSPS) is 15.5. The van der Waals surface area contributed by atoms with Crippen molar-refractivity contribution in [1.82, 2.24) is 9.13 Å². The van der Waals surface area contributed by atoms with Crippen LogP contribution in [0, 0.1) is 24.0 Å². The molecule has 1 unspecified atom stereocenters. The zero-order valence-corrected chi connectivity index (χ0v) is 22.5. The van der Waals surface area contributed by atoms with E-state index < -0.39 is 16.9 Å². The minimum atomic E-state index is -0.916. The van der Waals surface area contributed by atoms with Gasteiger partial charge in [-0.05, 0) is 45.4 Å². The molecule has 4 aromatic rings. The second-order valence-corrected chi connectivity index (χ2v) is 10.2. The van der Waals surface area contributed by atoms with Crippen LogP contribution in [0.1, 0.15) is 42.3 Å². The van der Waals surface area contributed by atoms with Crippen LogP contribution < -0.4 is 14.9 Å². The number of hydrogen-bond acceptors (Lipinski definition) is 7. The highest BCUT2D eigenvalue weighted by atomic mass is 32.1. The topological polar surface area (TPSA) is 109 Å². The third kappa shape index (κ3) is 3.97. The maximum Gasteiger partial charge on any atom is 0.338 e. The molecule has 0 N–H and O–H groups in total. The molecular weight excluding hydrogens is 504 g/mol. The standard InChI is InChI=1S/C28H26N4O5S/c1-6-37-27(34)24-16(3)29-28-31(25(24)18-12-11-15(2)22(13-18)32(35)36)26(33)23(38-28)14-20-17(4)30(5)21-10-8-7-9-19(20)21/h7-14,25H,6H2,1-5H3. The number of para-hydroxylation sites is 1.